The highest BCUT2D eigenvalue weighted by molar-refractivity contribution is 5.12. The molecule has 2 heterocycles. The lowest BCUT2D eigenvalue weighted by Gasteiger charge is -2.19. The van der Waals surface area contributed by atoms with Crippen LogP contribution in [0.5, 0.6) is 0 Å². The molecule has 3 heteroatoms. The number of hydrogen-bond acceptors (Lipinski definition) is 3. The standard InChI is InChI=1S/C13H20N2O/c1-10(12-4-3-6-14-8-12)15-9-13-5-7-16-11(13)2/h3-4,6,8,10-11,13,15H,5,7,9H2,1-2H3. The summed E-state index contributed by atoms with van der Waals surface area (Å²) in [5, 5.41) is 3.55. The SMILES string of the molecule is CC(NCC1CCOC1C)c1cccnc1. The van der Waals surface area contributed by atoms with Gasteiger partial charge in [0.05, 0.1) is 6.10 Å². The van der Waals surface area contributed by atoms with Crippen molar-refractivity contribution >= 4 is 0 Å². The van der Waals surface area contributed by atoms with Gasteiger partial charge in [0.2, 0.25) is 0 Å². The van der Waals surface area contributed by atoms with Crippen molar-refractivity contribution in [1.29, 1.82) is 0 Å². The van der Waals surface area contributed by atoms with Gasteiger partial charge in [0, 0.05) is 31.6 Å². The molecule has 16 heavy (non-hydrogen) atoms. The number of nitrogens with zero attached hydrogens (tertiary/aromatic N) is 1. The van der Waals surface area contributed by atoms with Crippen molar-refractivity contribution in [1.82, 2.24) is 10.3 Å². The minimum absolute atomic E-state index is 0.362. The molecule has 1 aromatic heterocycles. The smallest absolute Gasteiger partial charge is 0.0588 e. The third-order valence-electron chi connectivity index (χ3n) is 3.40. The Morgan fingerprint density at radius 3 is 3.12 bits per heavy atom. The normalized spacial score (nSPS) is 26.9. The number of aromatic nitrogens is 1. The number of pyridine rings is 1. The second kappa shape index (κ2) is 5.41. The molecule has 0 aliphatic carbocycles. The highest BCUT2D eigenvalue weighted by Crippen LogP contribution is 2.20. The van der Waals surface area contributed by atoms with Crippen LogP contribution in [0.15, 0.2) is 24.5 Å². The van der Waals surface area contributed by atoms with Gasteiger partial charge in [-0.25, -0.2) is 0 Å². The Balaban J connectivity index is 1.82. The van der Waals surface area contributed by atoms with Crippen molar-refractivity contribution in [3.63, 3.8) is 0 Å². The molecule has 0 spiro atoms. The van der Waals surface area contributed by atoms with Crippen molar-refractivity contribution in [3.8, 4) is 0 Å². The van der Waals surface area contributed by atoms with E-state index in [4.69, 9.17) is 4.74 Å². The van der Waals surface area contributed by atoms with Gasteiger partial charge in [0.25, 0.3) is 0 Å². The van der Waals surface area contributed by atoms with Crippen LogP contribution in [0.1, 0.15) is 31.9 Å². The van der Waals surface area contributed by atoms with E-state index in [9.17, 15) is 0 Å². The van der Waals surface area contributed by atoms with Gasteiger partial charge in [0.1, 0.15) is 0 Å². The minimum atomic E-state index is 0.362. The van der Waals surface area contributed by atoms with E-state index in [1.165, 1.54) is 12.0 Å². The average Bonchev–Trinajstić information content (AvgIpc) is 2.73. The van der Waals surface area contributed by atoms with Gasteiger partial charge in [0.15, 0.2) is 0 Å². The lowest BCUT2D eigenvalue weighted by molar-refractivity contribution is 0.105. The molecule has 1 aromatic rings. The largest absolute Gasteiger partial charge is 0.378 e. The van der Waals surface area contributed by atoms with Crippen molar-refractivity contribution in [2.75, 3.05) is 13.2 Å². The second-order valence-corrected chi connectivity index (χ2v) is 4.54. The molecule has 3 atom stereocenters. The molecule has 0 bridgehead atoms. The number of rotatable bonds is 4. The van der Waals surface area contributed by atoms with Crippen LogP contribution < -0.4 is 5.32 Å². The van der Waals surface area contributed by atoms with E-state index < -0.39 is 0 Å². The molecule has 3 nitrogen and oxygen atoms in total. The van der Waals surface area contributed by atoms with Crippen molar-refractivity contribution in [2.45, 2.75) is 32.4 Å². The number of ether oxygens (including phenoxy) is 1. The maximum atomic E-state index is 5.55. The van der Waals surface area contributed by atoms with Gasteiger partial charge < -0.3 is 10.1 Å². The van der Waals surface area contributed by atoms with Crippen LogP contribution in [0, 0.1) is 5.92 Å². The molecular weight excluding hydrogens is 200 g/mol. The highest BCUT2D eigenvalue weighted by Gasteiger charge is 2.24. The third kappa shape index (κ3) is 2.80. The van der Waals surface area contributed by atoms with E-state index in [-0.39, 0.29) is 0 Å². The van der Waals surface area contributed by atoms with Gasteiger partial charge in [-0.1, -0.05) is 6.07 Å². The molecule has 0 aromatic carbocycles. The molecule has 88 valence electrons. The molecule has 1 aliphatic rings. The fourth-order valence-electron chi connectivity index (χ4n) is 2.12. The first-order valence-corrected chi connectivity index (χ1v) is 6.02. The third-order valence-corrected chi connectivity index (χ3v) is 3.40. The van der Waals surface area contributed by atoms with Gasteiger partial charge >= 0.3 is 0 Å². The predicted octanol–water partition coefficient (Wildman–Crippen LogP) is 2.16. The maximum absolute atomic E-state index is 5.55. The Kier molecular flexibility index (Phi) is 3.91. The van der Waals surface area contributed by atoms with Crippen LogP contribution in [0.2, 0.25) is 0 Å². The zero-order valence-corrected chi connectivity index (χ0v) is 10.0. The Bertz CT molecular complexity index is 315. The average molecular weight is 220 g/mol. The second-order valence-electron chi connectivity index (χ2n) is 4.54. The molecule has 1 saturated heterocycles. The molecule has 1 fully saturated rings. The maximum Gasteiger partial charge on any atom is 0.0588 e. The molecule has 0 amide bonds. The summed E-state index contributed by atoms with van der Waals surface area (Å²) < 4.78 is 5.55. The predicted molar refractivity (Wildman–Crippen MR) is 64.2 cm³/mol. The Morgan fingerprint density at radius 1 is 1.62 bits per heavy atom. The fraction of sp³-hybridized carbons (Fsp3) is 0.615. The van der Waals surface area contributed by atoms with E-state index in [2.05, 4.69) is 30.2 Å². The monoisotopic (exact) mass is 220 g/mol. The lowest BCUT2D eigenvalue weighted by atomic mass is 10.0. The van der Waals surface area contributed by atoms with Crippen molar-refractivity contribution in [3.05, 3.63) is 30.1 Å². The van der Waals surface area contributed by atoms with Gasteiger partial charge in [-0.3, -0.25) is 4.98 Å². The first-order valence-electron chi connectivity index (χ1n) is 6.02. The topological polar surface area (TPSA) is 34.1 Å². The first kappa shape index (κ1) is 11.6. The summed E-state index contributed by atoms with van der Waals surface area (Å²) in [6.45, 7) is 6.28. The summed E-state index contributed by atoms with van der Waals surface area (Å²) in [5.74, 6) is 0.652. The van der Waals surface area contributed by atoms with E-state index in [0.29, 0.717) is 18.1 Å². The van der Waals surface area contributed by atoms with Gasteiger partial charge in [-0.05, 0) is 37.8 Å². The molecule has 1 N–H and O–H groups in total. The highest BCUT2D eigenvalue weighted by atomic mass is 16.5. The van der Waals surface area contributed by atoms with Crippen LogP contribution in [0.3, 0.4) is 0 Å². The fourth-order valence-corrected chi connectivity index (χ4v) is 2.12. The van der Waals surface area contributed by atoms with Crippen LogP contribution in [-0.4, -0.2) is 24.2 Å². The lowest BCUT2D eigenvalue weighted by Crippen LogP contribution is -2.29. The number of hydrogen-bond donors (Lipinski definition) is 1. The van der Waals surface area contributed by atoms with Crippen molar-refractivity contribution < 1.29 is 4.74 Å². The summed E-state index contributed by atoms with van der Waals surface area (Å²) in [5.41, 5.74) is 1.24. The summed E-state index contributed by atoms with van der Waals surface area (Å²) >= 11 is 0. The van der Waals surface area contributed by atoms with Gasteiger partial charge in [-0.2, -0.15) is 0 Å². The van der Waals surface area contributed by atoms with E-state index in [1.54, 1.807) is 0 Å². The molecule has 3 unspecified atom stereocenters. The molecular formula is C13H20N2O. The summed E-state index contributed by atoms with van der Waals surface area (Å²) in [4.78, 5) is 4.14. The van der Waals surface area contributed by atoms with E-state index in [0.717, 1.165) is 13.2 Å². The molecule has 2 rings (SSSR count). The molecule has 0 saturated carbocycles. The quantitative estimate of drug-likeness (QED) is 0.844. The summed E-state index contributed by atoms with van der Waals surface area (Å²) in [6.07, 6.45) is 5.30. The Labute approximate surface area is 97.2 Å². The zero-order valence-electron chi connectivity index (χ0n) is 10.0. The minimum Gasteiger partial charge on any atom is -0.378 e. The van der Waals surface area contributed by atoms with E-state index in [1.807, 2.05) is 18.5 Å². The number of nitrogens with one attached hydrogen (secondary N) is 1. The molecule has 0 radical (unpaired) electrons. The van der Waals surface area contributed by atoms with Crippen molar-refractivity contribution in [2.24, 2.45) is 5.92 Å². The summed E-state index contributed by atoms with van der Waals surface area (Å²) in [6, 6.07) is 4.45. The zero-order chi connectivity index (χ0) is 11.4. The van der Waals surface area contributed by atoms with Crippen LogP contribution in [0.4, 0.5) is 0 Å². The van der Waals surface area contributed by atoms with Gasteiger partial charge in [-0.15, -0.1) is 0 Å². The summed E-state index contributed by atoms with van der Waals surface area (Å²) in [7, 11) is 0. The molecule has 1 aliphatic heterocycles. The Hall–Kier alpha value is -0.930. The first-order chi connectivity index (χ1) is 7.77. The van der Waals surface area contributed by atoms with Crippen LogP contribution in [0.25, 0.3) is 0 Å². The van der Waals surface area contributed by atoms with E-state index >= 15 is 0 Å². The van der Waals surface area contributed by atoms with Crippen LogP contribution >= 0.6 is 0 Å². The Morgan fingerprint density at radius 2 is 2.50 bits per heavy atom. The van der Waals surface area contributed by atoms with Crippen LogP contribution in [-0.2, 0) is 4.74 Å².